The molecule has 0 heterocycles. The van der Waals surface area contributed by atoms with Crippen LogP contribution in [0.5, 0.6) is 0 Å². The first-order chi connectivity index (χ1) is 19.1. The van der Waals surface area contributed by atoms with Crippen LogP contribution >= 0.6 is 0 Å². The Morgan fingerprint density at radius 1 is 0.875 bits per heavy atom. The Morgan fingerprint density at radius 3 is 2.27 bits per heavy atom. The fraction of sp³-hybridized carbons (Fsp3) is 0.467. The number of para-hydroxylation sites is 1. The first-order valence-electron chi connectivity index (χ1n) is 13.6. The Balaban J connectivity index is 1.95. The quantitative estimate of drug-likeness (QED) is 0.168. The van der Waals surface area contributed by atoms with E-state index in [1.54, 1.807) is 39.8 Å². The Hall–Kier alpha value is -4.08. The molecule has 3 amide bonds. The number of ether oxygens (including phenoxy) is 3. The summed E-state index contributed by atoms with van der Waals surface area (Å²) < 4.78 is 15.5. The van der Waals surface area contributed by atoms with Gasteiger partial charge in [-0.3, -0.25) is 9.59 Å². The van der Waals surface area contributed by atoms with E-state index in [-0.39, 0.29) is 32.0 Å². The van der Waals surface area contributed by atoms with Crippen molar-refractivity contribution in [3.05, 3.63) is 65.7 Å². The molecule has 10 heteroatoms. The van der Waals surface area contributed by atoms with Crippen LogP contribution in [-0.4, -0.2) is 48.9 Å². The minimum absolute atomic E-state index is 0.150. The van der Waals surface area contributed by atoms with Gasteiger partial charge in [0.15, 0.2) is 0 Å². The molecule has 0 fully saturated rings. The zero-order chi connectivity index (χ0) is 29.4. The van der Waals surface area contributed by atoms with Crippen LogP contribution in [0.1, 0.15) is 64.5 Å². The highest BCUT2D eigenvalue weighted by Crippen LogP contribution is 2.19. The molecule has 0 saturated heterocycles. The van der Waals surface area contributed by atoms with Crippen LogP contribution in [0.15, 0.2) is 54.6 Å². The fourth-order valence-corrected chi connectivity index (χ4v) is 3.73. The lowest BCUT2D eigenvalue weighted by Gasteiger charge is -2.24. The van der Waals surface area contributed by atoms with Crippen LogP contribution < -0.4 is 16.0 Å². The summed E-state index contributed by atoms with van der Waals surface area (Å²) in [4.78, 5) is 49.4. The second kappa shape index (κ2) is 16.8. The van der Waals surface area contributed by atoms with Gasteiger partial charge in [0.2, 0.25) is 5.91 Å². The number of amides is 3. The lowest BCUT2D eigenvalue weighted by Crippen LogP contribution is -2.46. The summed E-state index contributed by atoms with van der Waals surface area (Å²) in [5.74, 6) is -0.682. The van der Waals surface area contributed by atoms with Gasteiger partial charge in [0.1, 0.15) is 18.2 Å². The average molecular weight is 556 g/mol. The molecular formula is C30H41N3O7. The molecule has 2 aromatic rings. The van der Waals surface area contributed by atoms with E-state index in [0.717, 1.165) is 11.1 Å². The van der Waals surface area contributed by atoms with Crippen LogP contribution in [-0.2, 0) is 36.8 Å². The second-order valence-electron chi connectivity index (χ2n) is 10.1. The molecule has 0 bridgehead atoms. The number of esters is 1. The van der Waals surface area contributed by atoms with Gasteiger partial charge < -0.3 is 30.2 Å². The molecule has 40 heavy (non-hydrogen) atoms. The van der Waals surface area contributed by atoms with Gasteiger partial charge in [0, 0.05) is 18.7 Å². The van der Waals surface area contributed by atoms with Gasteiger partial charge in [-0.15, -0.1) is 0 Å². The maximum absolute atomic E-state index is 13.3. The number of nitrogens with one attached hydrogen (secondary N) is 3. The molecule has 0 aromatic heterocycles. The lowest BCUT2D eigenvalue weighted by molar-refractivity contribution is -0.143. The Bertz CT molecular complexity index is 1100. The van der Waals surface area contributed by atoms with Gasteiger partial charge in [0.05, 0.1) is 6.61 Å². The van der Waals surface area contributed by atoms with Crippen molar-refractivity contribution in [1.82, 2.24) is 10.6 Å². The number of aryl methyl sites for hydroxylation is 1. The van der Waals surface area contributed by atoms with Gasteiger partial charge in [-0.25, -0.2) is 9.59 Å². The van der Waals surface area contributed by atoms with Gasteiger partial charge in [-0.05, 0) is 70.6 Å². The van der Waals surface area contributed by atoms with E-state index in [9.17, 15) is 19.2 Å². The lowest BCUT2D eigenvalue weighted by atomic mass is 10.0. The zero-order valence-electron chi connectivity index (χ0n) is 23.8. The van der Waals surface area contributed by atoms with Gasteiger partial charge >= 0.3 is 18.2 Å². The first kappa shape index (κ1) is 32.1. The zero-order valence-corrected chi connectivity index (χ0v) is 23.8. The molecule has 2 rings (SSSR count). The van der Waals surface area contributed by atoms with Crippen LogP contribution in [0.2, 0.25) is 0 Å². The van der Waals surface area contributed by atoms with E-state index < -0.39 is 29.7 Å². The van der Waals surface area contributed by atoms with E-state index in [1.807, 2.05) is 42.5 Å². The smallest absolute Gasteiger partial charge is 0.408 e. The van der Waals surface area contributed by atoms with Crippen molar-refractivity contribution in [3.63, 3.8) is 0 Å². The predicted octanol–water partition coefficient (Wildman–Crippen LogP) is 5.11. The van der Waals surface area contributed by atoms with E-state index in [4.69, 9.17) is 14.2 Å². The summed E-state index contributed by atoms with van der Waals surface area (Å²) in [6.45, 7) is 7.70. The van der Waals surface area contributed by atoms with Crippen molar-refractivity contribution < 1.29 is 33.4 Å². The Labute approximate surface area is 236 Å². The molecule has 0 aliphatic rings. The number of alkyl carbamates (subject to hydrolysis) is 2. The van der Waals surface area contributed by atoms with E-state index in [0.29, 0.717) is 31.6 Å². The Morgan fingerprint density at radius 2 is 1.57 bits per heavy atom. The largest absolute Gasteiger partial charge is 0.466 e. The van der Waals surface area contributed by atoms with Gasteiger partial charge in [0.25, 0.3) is 0 Å². The molecule has 1 atom stereocenters. The summed E-state index contributed by atoms with van der Waals surface area (Å²) in [7, 11) is 0. The normalized spacial score (nSPS) is 11.6. The summed E-state index contributed by atoms with van der Waals surface area (Å²) in [6, 6.07) is 15.7. The summed E-state index contributed by atoms with van der Waals surface area (Å²) in [5.41, 5.74) is 1.59. The third-order valence-electron chi connectivity index (χ3n) is 5.57. The molecule has 2 aromatic carbocycles. The average Bonchev–Trinajstić information content (AvgIpc) is 2.90. The molecule has 0 aliphatic heterocycles. The topological polar surface area (TPSA) is 132 Å². The van der Waals surface area contributed by atoms with Crippen molar-refractivity contribution in [2.45, 2.75) is 78.0 Å². The number of benzene rings is 2. The predicted molar refractivity (Wildman–Crippen MR) is 152 cm³/mol. The second-order valence-corrected chi connectivity index (χ2v) is 10.1. The number of carbonyl (C=O) groups is 4. The maximum Gasteiger partial charge on any atom is 0.408 e. The summed E-state index contributed by atoms with van der Waals surface area (Å²) >= 11 is 0. The molecule has 218 valence electrons. The number of carbonyl (C=O) groups excluding carboxylic acids is 4. The fourth-order valence-electron chi connectivity index (χ4n) is 3.73. The van der Waals surface area contributed by atoms with Crippen LogP contribution in [0.3, 0.4) is 0 Å². The molecule has 0 saturated carbocycles. The van der Waals surface area contributed by atoms with Crippen molar-refractivity contribution in [3.8, 4) is 0 Å². The van der Waals surface area contributed by atoms with Crippen molar-refractivity contribution in [1.29, 1.82) is 0 Å². The highest BCUT2D eigenvalue weighted by molar-refractivity contribution is 5.97. The summed E-state index contributed by atoms with van der Waals surface area (Å²) in [5, 5.41) is 8.20. The molecule has 10 nitrogen and oxygen atoms in total. The van der Waals surface area contributed by atoms with Crippen molar-refractivity contribution >= 4 is 29.8 Å². The van der Waals surface area contributed by atoms with E-state index in [1.165, 1.54) is 0 Å². The van der Waals surface area contributed by atoms with Crippen molar-refractivity contribution in [2.24, 2.45) is 0 Å². The highest BCUT2D eigenvalue weighted by atomic mass is 16.6. The summed E-state index contributed by atoms with van der Waals surface area (Å²) in [6.07, 6.45) is 0.767. The van der Waals surface area contributed by atoms with E-state index in [2.05, 4.69) is 16.0 Å². The number of hydrogen-bond donors (Lipinski definition) is 3. The van der Waals surface area contributed by atoms with Crippen LogP contribution in [0.25, 0.3) is 0 Å². The third-order valence-corrected chi connectivity index (χ3v) is 5.57. The number of anilines is 1. The van der Waals surface area contributed by atoms with Gasteiger partial charge in [-0.2, -0.15) is 0 Å². The highest BCUT2D eigenvalue weighted by Gasteiger charge is 2.25. The molecule has 0 spiro atoms. The van der Waals surface area contributed by atoms with E-state index >= 15 is 0 Å². The number of hydrogen-bond acceptors (Lipinski definition) is 7. The first-order valence-corrected chi connectivity index (χ1v) is 13.6. The minimum atomic E-state index is -0.912. The molecule has 0 unspecified atom stereocenters. The Kier molecular flexibility index (Phi) is 13.5. The molecule has 0 aliphatic carbocycles. The number of rotatable bonds is 14. The standard InChI is InChI=1S/C30H41N3O7/c1-5-38-26(34)19-11-16-23-15-9-10-17-24(23)32-27(35)25(33-29(37)40-30(2,3)4)18-12-20-31-28(36)39-21-22-13-7-6-8-14-22/h6-10,13-15,17,25H,5,11-12,16,18-21H2,1-4H3,(H,31,36)(H,32,35)(H,33,37)/t25-/m0/s1. The SMILES string of the molecule is CCOC(=O)CCCc1ccccc1NC(=O)[C@H](CCCNC(=O)OCc1ccccc1)NC(=O)OC(C)(C)C. The molecular weight excluding hydrogens is 514 g/mol. The third kappa shape index (κ3) is 13.1. The van der Waals surface area contributed by atoms with Crippen LogP contribution in [0.4, 0.5) is 15.3 Å². The monoisotopic (exact) mass is 555 g/mol. The minimum Gasteiger partial charge on any atom is -0.466 e. The molecule has 0 radical (unpaired) electrons. The van der Waals surface area contributed by atoms with Crippen LogP contribution in [0, 0.1) is 0 Å². The van der Waals surface area contributed by atoms with Gasteiger partial charge in [-0.1, -0.05) is 48.5 Å². The molecule has 3 N–H and O–H groups in total. The maximum atomic E-state index is 13.3. The van der Waals surface area contributed by atoms with Crippen molar-refractivity contribution in [2.75, 3.05) is 18.5 Å².